The van der Waals surface area contributed by atoms with Gasteiger partial charge in [-0.2, -0.15) is 0 Å². The van der Waals surface area contributed by atoms with Crippen molar-refractivity contribution in [2.24, 2.45) is 0 Å². The minimum absolute atomic E-state index is 0. The number of aromatic nitrogens is 6. The van der Waals surface area contributed by atoms with Crippen LogP contribution in [0.1, 0.15) is 6.99 Å². The Bertz CT molecular complexity index is 3270. The van der Waals surface area contributed by atoms with Crippen LogP contribution in [0.3, 0.4) is 0 Å². The summed E-state index contributed by atoms with van der Waals surface area (Å²) in [4.78, 5) is 35.6. The molecule has 10 heterocycles. The number of halogens is 6. The Kier molecular flexibility index (Phi) is 34.8. The number of fused-ring (bicyclic) bond motifs is 4. The molecule has 0 saturated heterocycles. The number of nitrogens with zero attached hydrogens (tertiary/aromatic N) is 6. The molecular weight excluding hydrogens is 1530 g/mol. The van der Waals surface area contributed by atoms with Crippen molar-refractivity contribution >= 4 is 188 Å². The second kappa shape index (κ2) is 36.3. The van der Waals surface area contributed by atoms with Gasteiger partial charge in [0.25, 0.3) is 6.47 Å². The molecule has 0 aliphatic heterocycles. The Labute approximate surface area is 592 Å². The van der Waals surface area contributed by atoms with Crippen molar-refractivity contribution in [3.63, 3.8) is 0 Å². The third kappa shape index (κ3) is 28.5. The summed E-state index contributed by atoms with van der Waals surface area (Å²) in [6.07, 6.45) is 20.2. The SMILES string of the molecule is Brc1cnc2ccoc2c1.C#C[Si](C)(C)C.C[Si](C)(C)c1cc2ncc(Br)cc2o1.C[Si](C)(C)c1cc2ncc(Br)cc2o1.Cc1cnc2ccoc2c1.O=CO[O-].Oc1cc(Br)cnc1I.Oc1cncc(Br)c1.[H-].[K+].[K+]. The van der Waals surface area contributed by atoms with Crippen LogP contribution >= 0.6 is 102 Å². The number of carbonyl (C=O) groups is 1. The number of aromatic hydroxyl groups is 2. The predicted octanol–water partition coefficient (Wildman–Crippen LogP) is 8.75. The van der Waals surface area contributed by atoms with Crippen LogP contribution in [0.2, 0.25) is 58.9 Å². The van der Waals surface area contributed by atoms with Gasteiger partial charge in [0.05, 0.1) is 29.5 Å². The van der Waals surface area contributed by atoms with Gasteiger partial charge < -0.3 is 39.5 Å². The fraction of sp³-hybridized carbons (Fsp3) is 0.196. The van der Waals surface area contributed by atoms with Gasteiger partial charge >= 0.3 is 103 Å². The molecule has 0 amide bonds. The standard InChI is InChI=1S/2C10H12BrNOSi.C8H7NO.C7H4BrNO.C5H3BrINO.C5H4BrNO.C5H10Si.CH2O3.2K.H/c2*1-14(2,3)10-5-8-9(13-10)4-7(11)6-12-8;1-6-4-8-7(9-5-6)2-3-10-8;8-5-3-7-6(9-4-5)1-2-10-7;6-3-1-4(9)5(7)8-2-3;6-4-1-5(8)3-7-2-4;1-5-6(2,3)4;2-1-4-3;;;/h2*4-6H,1-3H3;2-5H,1H3;1-4H;1-2,9H;1-3,8H;1H,2-4H3;1,3H;;;/q;;;;;;;;2*+1;-1/p-1. The number of pyridine rings is 6. The number of furan rings is 4. The molecule has 2 N–H and O–H groups in total. The van der Waals surface area contributed by atoms with Crippen molar-refractivity contribution in [1.29, 1.82) is 0 Å². The molecule has 398 valence electrons. The molecule has 26 heteroatoms. The predicted molar refractivity (Wildman–Crippen MR) is 330 cm³/mol. The summed E-state index contributed by atoms with van der Waals surface area (Å²) in [5, 5.41) is 28.4. The molecule has 77 heavy (non-hydrogen) atoms. The van der Waals surface area contributed by atoms with Crippen LogP contribution in [0, 0.1) is 22.6 Å². The smallest absolute Gasteiger partial charge is 1.00 e. The van der Waals surface area contributed by atoms with Crippen molar-refractivity contribution < 1.29 is 147 Å². The summed E-state index contributed by atoms with van der Waals surface area (Å²) in [6, 6.07) is 18.8. The van der Waals surface area contributed by atoms with Crippen molar-refractivity contribution in [3.8, 4) is 23.5 Å². The monoisotopic (exact) mass is 1580 g/mol. The largest absolute Gasteiger partial charge is 1.00 e. The average molecular weight is 1580 g/mol. The van der Waals surface area contributed by atoms with Gasteiger partial charge in [-0.1, -0.05) is 58.9 Å². The van der Waals surface area contributed by atoms with E-state index in [9.17, 15) is 0 Å². The topological polar surface area (TPSA) is 220 Å². The maximum atomic E-state index is 9.00. The van der Waals surface area contributed by atoms with Gasteiger partial charge in [-0.15, -0.1) is 12.0 Å². The number of hydrogen-bond donors (Lipinski definition) is 2. The molecule has 0 aliphatic carbocycles. The number of terminal acetylenes is 1. The van der Waals surface area contributed by atoms with Crippen molar-refractivity contribution in [1.82, 2.24) is 29.9 Å². The van der Waals surface area contributed by atoms with E-state index in [1.54, 1.807) is 55.6 Å². The summed E-state index contributed by atoms with van der Waals surface area (Å²) in [7, 11) is -3.81. The second-order valence-corrected chi connectivity index (χ2v) is 38.9. The van der Waals surface area contributed by atoms with Crippen LogP contribution in [-0.2, 0) is 9.68 Å². The second-order valence-electron chi connectivity index (χ2n) is 18.5. The molecule has 0 atom stereocenters. The van der Waals surface area contributed by atoms with Crippen LogP contribution in [0.4, 0.5) is 0 Å². The van der Waals surface area contributed by atoms with Gasteiger partial charge in [-0.3, -0.25) is 29.7 Å². The molecule has 0 aliphatic rings. The van der Waals surface area contributed by atoms with E-state index in [0.29, 0.717) is 3.70 Å². The van der Waals surface area contributed by atoms with Crippen LogP contribution in [0.5, 0.6) is 11.5 Å². The summed E-state index contributed by atoms with van der Waals surface area (Å²) in [5.41, 5.74) is 11.0. The Morgan fingerprint density at radius 1 is 0.597 bits per heavy atom. The Morgan fingerprint density at radius 3 is 1.34 bits per heavy atom. The molecule has 10 aromatic heterocycles. The molecule has 0 bridgehead atoms. The minimum Gasteiger partial charge on any atom is -1.00 e. The van der Waals surface area contributed by atoms with Gasteiger partial charge in [0.15, 0.2) is 22.3 Å². The van der Waals surface area contributed by atoms with E-state index in [1.165, 1.54) is 6.20 Å². The van der Waals surface area contributed by atoms with Gasteiger partial charge in [0.1, 0.15) is 61.5 Å². The molecule has 15 nitrogen and oxygen atoms in total. The molecular formula is C51H54Br5IK2N6O9Si3. The van der Waals surface area contributed by atoms with E-state index in [1.807, 2.05) is 72.1 Å². The summed E-state index contributed by atoms with van der Waals surface area (Å²) in [6.45, 7) is 21.8. The van der Waals surface area contributed by atoms with E-state index in [-0.39, 0.29) is 122 Å². The molecule has 0 unspecified atom stereocenters. The van der Waals surface area contributed by atoms with E-state index in [0.717, 1.165) is 83.1 Å². The zero-order valence-electron chi connectivity index (χ0n) is 45.3. The van der Waals surface area contributed by atoms with Gasteiger partial charge in [0, 0.05) is 83.8 Å². The van der Waals surface area contributed by atoms with Crippen molar-refractivity contribution in [2.75, 3.05) is 0 Å². The Morgan fingerprint density at radius 2 is 0.974 bits per heavy atom. The first-order valence-electron chi connectivity index (χ1n) is 22.0. The van der Waals surface area contributed by atoms with Crippen LogP contribution in [-0.4, -0.2) is 70.8 Å². The van der Waals surface area contributed by atoms with Crippen LogP contribution < -0.4 is 119 Å². The normalized spacial score (nSPS) is 10.3. The molecule has 0 fully saturated rings. The molecule has 10 aromatic rings. The van der Waals surface area contributed by atoms with Crippen LogP contribution in [0.15, 0.2) is 157 Å². The Hall–Kier alpha value is -1.30. The maximum absolute atomic E-state index is 9.00. The van der Waals surface area contributed by atoms with Crippen molar-refractivity contribution in [3.05, 3.63) is 148 Å². The maximum Gasteiger partial charge on any atom is 1.00 e. The van der Waals surface area contributed by atoms with Crippen molar-refractivity contribution in [2.45, 2.75) is 65.8 Å². The van der Waals surface area contributed by atoms with Crippen LogP contribution in [0.25, 0.3) is 44.4 Å². The summed E-state index contributed by atoms with van der Waals surface area (Å²) < 4.78 is 26.9. The number of carbonyl (C=O) groups excluding carboxylic acids is 1. The summed E-state index contributed by atoms with van der Waals surface area (Å²) in [5.74, 6) is 0.393. The number of aryl methyl sites for hydroxylation is 1. The van der Waals surface area contributed by atoms with Gasteiger partial charge in [0.2, 0.25) is 0 Å². The first-order valence-corrected chi connectivity index (χ1v) is 37.6. The quantitative estimate of drug-likeness (QED) is 0.0321. The molecule has 0 aromatic carbocycles. The molecule has 0 saturated carbocycles. The molecule has 10 rings (SSSR count). The number of rotatable bonds is 3. The van der Waals surface area contributed by atoms with Gasteiger partial charge in [-0.05, 0) is 151 Å². The van der Waals surface area contributed by atoms with E-state index in [4.69, 9.17) is 44.4 Å². The minimum atomic E-state index is -1.36. The first-order chi connectivity index (χ1) is 35.1. The molecule has 0 spiro atoms. The zero-order chi connectivity index (χ0) is 56.1. The van der Waals surface area contributed by atoms with E-state index in [2.05, 4.69) is 191 Å². The van der Waals surface area contributed by atoms with Gasteiger partial charge in [-0.25, -0.2) is 4.98 Å². The fourth-order valence-electron chi connectivity index (χ4n) is 5.11. The summed E-state index contributed by atoms with van der Waals surface area (Å²) >= 11 is 18.3. The molecule has 0 radical (unpaired) electrons. The average Bonchev–Trinajstić information content (AvgIpc) is 4.17. The number of hydrogen-bond acceptors (Lipinski definition) is 15. The third-order valence-electron chi connectivity index (χ3n) is 8.81. The Balaban J connectivity index is 0.000000883. The van der Waals surface area contributed by atoms with E-state index >= 15 is 0 Å². The van der Waals surface area contributed by atoms with E-state index < -0.39 is 24.2 Å². The third-order valence-corrected chi connectivity index (χ3v) is 16.1. The first kappa shape index (κ1) is 73.7. The zero-order valence-corrected chi connectivity index (χ0v) is 63.7. The fourth-order valence-corrected chi connectivity index (χ4v) is 8.98.